The quantitative estimate of drug-likeness (QED) is 0.680. The summed E-state index contributed by atoms with van der Waals surface area (Å²) in [5, 5.41) is 0. The molecule has 0 aliphatic carbocycles. The highest BCUT2D eigenvalue weighted by molar-refractivity contribution is 6.02. The van der Waals surface area contributed by atoms with Crippen LogP contribution in [0.2, 0.25) is 0 Å². The molecule has 2 aromatic carbocycles. The number of amides is 1. The second kappa shape index (κ2) is 4.17. The van der Waals surface area contributed by atoms with E-state index in [0.717, 1.165) is 5.56 Å². The number of hydrogen-bond donors (Lipinski definition) is 3. The average molecular weight is 227 g/mol. The van der Waals surface area contributed by atoms with Crippen molar-refractivity contribution in [2.24, 2.45) is 5.73 Å². The summed E-state index contributed by atoms with van der Waals surface area (Å²) in [6.07, 6.45) is 0. The fraction of sp³-hybridized carbons (Fsp3) is 0. The molecule has 1 amide bonds. The van der Waals surface area contributed by atoms with Crippen LogP contribution in [0, 0.1) is 0 Å². The van der Waals surface area contributed by atoms with Gasteiger partial charge in [0, 0.05) is 22.5 Å². The number of anilines is 2. The molecule has 0 spiro atoms. The molecule has 0 aromatic heterocycles. The first-order valence-corrected chi connectivity index (χ1v) is 5.14. The van der Waals surface area contributed by atoms with Crippen LogP contribution in [0.15, 0.2) is 42.5 Å². The van der Waals surface area contributed by atoms with Crippen LogP contribution < -0.4 is 17.2 Å². The van der Waals surface area contributed by atoms with Gasteiger partial charge in [-0.1, -0.05) is 24.3 Å². The van der Waals surface area contributed by atoms with Gasteiger partial charge in [0.15, 0.2) is 0 Å². The van der Waals surface area contributed by atoms with Gasteiger partial charge in [0.1, 0.15) is 0 Å². The Morgan fingerprint density at radius 3 is 2.29 bits per heavy atom. The van der Waals surface area contributed by atoms with Crippen LogP contribution in [0.4, 0.5) is 11.4 Å². The van der Waals surface area contributed by atoms with E-state index in [9.17, 15) is 4.79 Å². The van der Waals surface area contributed by atoms with E-state index in [4.69, 9.17) is 17.2 Å². The number of benzene rings is 2. The van der Waals surface area contributed by atoms with E-state index < -0.39 is 5.91 Å². The van der Waals surface area contributed by atoms with Crippen LogP contribution in [-0.2, 0) is 0 Å². The summed E-state index contributed by atoms with van der Waals surface area (Å²) in [5.74, 6) is -0.518. The number of nitrogens with two attached hydrogens (primary N) is 3. The smallest absolute Gasteiger partial charge is 0.249 e. The predicted octanol–water partition coefficient (Wildman–Crippen LogP) is 1.62. The van der Waals surface area contributed by atoms with E-state index in [0.29, 0.717) is 22.5 Å². The third kappa shape index (κ3) is 2.06. The van der Waals surface area contributed by atoms with Crippen molar-refractivity contribution in [1.82, 2.24) is 0 Å². The van der Waals surface area contributed by atoms with Gasteiger partial charge in [0.25, 0.3) is 0 Å². The van der Waals surface area contributed by atoms with E-state index >= 15 is 0 Å². The van der Waals surface area contributed by atoms with E-state index in [1.54, 1.807) is 24.3 Å². The fourth-order valence-electron chi connectivity index (χ4n) is 1.74. The van der Waals surface area contributed by atoms with Crippen molar-refractivity contribution in [1.29, 1.82) is 0 Å². The summed E-state index contributed by atoms with van der Waals surface area (Å²) in [6, 6.07) is 12.3. The Bertz CT molecular complexity index is 579. The molecule has 6 N–H and O–H groups in total. The highest BCUT2D eigenvalue weighted by Crippen LogP contribution is 2.29. The second-order valence-corrected chi connectivity index (χ2v) is 3.76. The SMILES string of the molecule is NC(=O)c1cc(N)ccc1-c1ccccc1N. The summed E-state index contributed by atoms with van der Waals surface area (Å²) in [6.45, 7) is 0. The maximum absolute atomic E-state index is 11.4. The maximum Gasteiger partial charge on any atom is 0.249 e. The number of rotatable bonds is 2. The topological polar surface area (TPSA) is 95.1 Å². The number of primary amides is 1. The Hall–Kier alpha value is -2.49. The first kappa shape index (κ1) is 11.0. The zero-order valence-electron chi connectivity index (χ0n) is 9.18. The van der Waals surface area contributed by atoms with Crippen molar-refractivity contribution >= 4 is 17.3 Å². The molecular formula is C13H13N3O. The lowest BCUT2D eigenvalue weighted by Crippen LogP contribution is -2.13. The number of para-hydroxylation sites is 1. The minimum atomic E-state index is -0.518. The van der Waals surface area contributed by atoms with Crippen molar-refractivity contribution in [3.63, 3.8) is 0 Å². The molecule has 0 heterocycles. The zero-order valence-corrected chi connectivity index (χ0v) is 9.18. The predicted molar refractivity (Wildman–Crippen MR) is 69.2 cm³/mol. The summed E-state index contributed by atoms with van der Waals surface area (Å²) in [7, 11) is 0. The van der Waals surface area contributed by atoms with Crippen LogP contribution in [0.3, 0.4) is 0 Å². The number of carbonyl (C=O) groups is 1. The summed E-state index contributed by atoms with van der Waals surface area (Å²) < 4.78 is 0. The summed E-state index contributed by atoms with van der Waals surface area (Å²) in [5.41, 5.74) is 19.8. The first-order valence-electron chi connectivity index (χ1n) is 5.14. The average Bonchev–Trinajstić information content (AvgIpc) is 2.30. The van der Waals surface area contributed by atoms with Gasteiger partial charge in [-0.2, -0.15) is 0 Å². The number of carbonyl (C=O) groups excluding carboxylic acids is 1. The Labute approximate surface area is 99.0 Å². The van der Waals surface area contributed by atoms with Gasteiger partial charge in [-0.05, 0) is 23.8 Å². The van der Waals surface area contributed by atoms with Crippen molar-refractivity contribution < 1.29 is 4.79 Å². The molecule has 0 aliphatic rings. The molecule has 0 radical (unpaired) electrons. The van der Waals surface area contributed by atoms with Gasteiger partial charge in [-0.15, -0.1) is 0 Å². The Balaban J connectivity index is 2.68. The molecule has 4 heteroatoms. The standard InChI is InChI=1S/C13H13N3O/c14-8-5-6-9(11(7-8)13(16)17)10-3-1-2-4-12(10)15/h1-7H,14-15H2,(H2,16,17). The molecule has 2 aromatic rings. The minimum absolute atomic E-state index is 0.378. The lowest BCUT2D eigenvalue weighted by atomic mass is 9.97. The van der Waals surface area contributed by atoms with Crippen molar-refractivity contribution in [3.8, 4) is 11.1 Å². The third-order valence-corrected chi connectivity index (χ3v) is 2.56. The number of hydrogen-bond acceptors (Lipinski definition) is 3. The van der Waals surface area contributed by atoms with Gasteiger partial charge in [-0.3, -0.25) is 4.79 Å². The zero-order chi connectivity index (χ0) is 12.4. The van der Waals surface area contributed by atoms with Crippen LogP contribution in [0.1, 0.15) is 10.4 Å². The maximum atomic E-state index is 11.4. The Kier molecular flexibility index (Phi) is 2.70. The van der Waals surface area contributed by atoms with Crippen LogP contribution in [-0.4, -0.2) is 5.91 Å². The van der Waals surface area contributed by atoms with Gasteiger partial charge in [0.05, 0.1) is 0 Å². The first-order chi connectivity index (χ1) is 8.09. The van der Waals surface area contributed by atoms with E-state index in [-0.39, 0.29) is 0 Å². The van der Waals surface area contributed by atoms with E-state index in [2.05, 4.69) is 0 Å². The molecule has 17 heavy (non-hydrogen) atoms. The fourth-order valence-corrected chi connectivity index (χ4v) is 1.74. The molecule has 0 bridgehead atoms. The molecule has 4 nitrogen and oxygen atoms in total. The van der Waals surface area contributed by atoms with Gasteiger partial charge in [0.2, 0.25) is 5.91 Å². The summed E-state index contributed by atoms with van der Waals surface area (Å²) >= 11 is 0. The Morgan fingerprint density at radius 1 is 0.941 bits per heavy atom. The second-order valence-electron chi connectivity index (χ2n) is 3.76. The molecular weight excluding hydrogens is 214 g/mol. The van der Waals surface area contributed by atoms with Crippen LogP contribution >= 0.6 is 0 Å². The van der Waals surface area contributed by atoms with E-state index in [1.807, 2.05) is 18.2 Å². The molecule has 2 rings (SSSR count). The number of nitrogen functional groups attached to an aromatic ring is 2. The third-order valence-electron chi connectivity index (χ3n) is 2.56. The van der Waals surface area contributed by atoms with E-state index in [1.165, 1.54) is 0 Å². The molecule has 0 saturated carbocycles. The van der Waals surface area contributed by atoms with Crippen LogP contribution in [0.5, 0.6) is 0 Å². The van der Waals surface area contributed by atoms with Crippen LogP contribution in [0.25, 0.3) is 11.1 Å². The van der Waals surface area contributed by atoms with Gasteiger partial charge < -0.3 is 17.2 Å². The van der Waals surface area contributed by atoms with Crippen molar-refractivity contribution in [2.45, 2.75) is 0 Å². The molecule has 0 unspecified atom stereocenters. The lowest BCUT2D eigenvalue weighted by Gasteiger charge is -2.10. The molecule has 0 atom stereocenters. The molecule has 0 saturated heterocycles. The summed E-state index contributed by atoms with van der Waals surface area (Å²) in [4.78, 5) is 11.4. The monoisotopic (exact) mass is 227 g/mol. The molecule has 0 aliphatic heterocycles. The molecule has 86 valence electrons. The molecule has 0 fully saturated rings. The van der Waals surface area contributed by atoms with Crippen molar-refractivity contribution in [3.05, 3.63) is 48.0 Å². The largest absolute Gasteiger partial charge is 0.399 e. The Morgan fingerprint density at radius 2 is 1.65 bits per heavy atom. The lowest BCUT2D eigenvalue weighted by molar-refractivity contribution is 0.100. The minimum Gasteiger partial charge on any atom is -0.399 e. The highest BCUT2D eigenvalue weighted by atomic mass is 16.1. The van der Waals surface area contributed by atoms with Gasteiger partial charge in [-0.25, -0.2) is 0 Å². The van der Waals surface area contributed by atoms with Crippen molar-refractivity contribution in [2.75, 3.05) is 11.5 Å². The highest BCUT2D eigenvalue weighted by Gasteiger charge is 2.12. The van der Waals surface area contributed by atoms with Gasteiger partial charge >= 0.3 is 0 Å². The normalized spacial score (nSPS) is 10.1.